The summed E-state index contributed by atoms with van der Waals surface area (Å²) in [7, 11) is 1.83. The quantitative estimate of drug-likeness (QED) is 0.839. The summed E-state index contributed by atoms with van der Waals surface area (Å²) in [4.78, 5) is 28.4. The smallest absolute Gasteiger partial charge is 0.231 e. The topological polar surface area (TPSA) is 59.1 Å². The zero-order valence-electron chi connectivity index (χ0n) is 15.2. The molecule has 3 rings (SSSR count). The number of rotatable bonds is 4. The number of piperidine rings is 1. The first kappa shape index (κ1) is 17.6. The van der Waals surface area contributed by atoms with Crippen LogP contribution in [-0.2, 0) is 16.1 Å². The lowest BCUT2D eigenvalue weighted by molar-refractivity contribution is -0.141. The highest BCUT2D eigenvalue weighted by Gasteiger charge is 2.30. The van der Waals surface area contributed by atoms with Crippen molar-refractivity contribution in [3.63, 3.8) is 0 Å². The van der Waals surface area contributed by atoms with Gasteiger partial charge in [-0.1, -0.05) is 19.9 Å². The van der Waals surface area contributed by atoms with Gasteiger partial charge < -0.3 is 19.3 Å². The fraction of sp³-hybridized carbons (Fsp3) is 0.579. The van der Waals surface area contributed by atoms with Crippen LogP contribution in [0.25, 0.3) is 0 Å². The number of carbonyl (C=O) groups excluding carboxylic acids is 2. The number of hydrogen-bond donors (Lipinski definition) is 0. The van der Waals surface area contributed by atoms with E-state index in [0.29, 0.717) is 19.6 Å². The van der Waals surface area contributed by atoms with Gasteiger partial charge in [-0.15, -0.1) is 0 Å². The standard InChI is InChI=1S/C19H26N2O4/c1-13(2)18(22)21-8-6-15(7-9-21)19(23)20(3)11-14-4-5-16-17(10-14)25-12-24-16/h4-5,10,13,15H,6-9,11-12H2,1-3H3. The van der Waals surface area contributed by atoms with Crippen molar-refractivity contribution >= 4 is 11.8 Å². The van der Waals surface area contributed by atoms with Crippen LogP contribution in [0.4, 0.5) is 0 Å². The third-order valence-electron chi connectivity index (χ3n) is 4.88. The van der Waals surface area contributed by atoms with Gasteiger partial charge >= 0.3 is 0 Å². The van der Waals surface area contributed by atoms with Crippen molar-refractivity contribution in [2.45, 2.75) is 33.2 Å². The first-order chi connectivity index (χ1) is 12.0. The number of carbonyl (C=O) groups is 2. The summed E-state index contributed by atoms with van der Waals surface area (Å²) < 4.78 is 10.7. The number of hydrogen-bond acceptors (Lipinski definition) is 4. The van der Waals surface area contributed by atoms with E-state index in [4.69, 9.17) is 9.47 Å². The van der Waals surface area contributed by atoms with Crippen molar-refractivity contribution < 1.29 is 19.1 Å². The maximum Gasteiger partial charge on any atom is 0.231 e. The van der Waals surface area contributed by atoms with Crippen molar-refractivity contribution in [3.05, 3.63) is 23.8 Å². The minimum atomic E-state index is -0.00442. The highest BCUT2D eigenvalue weighted by Crippen LogP contribution is 2.33. The Labute approximate surface area is 148 Å². The zero-order valence-corrected chi connectivity index (χ0v) is 15.2. The third kappa shape index (κ3) is 3.89. The van der Waals surface area contributed by atoms with E-state index < -0.39 is 0 Å². The molecule has 0 bridgehead atoms. The molecule has 0 aromatic heterocycles. The maximum absolute atomic E-state index is 12.7. The van der Waals surface area contributed by atoms with Crippen molar-refractivity contribution in [2.24, 2.45) is 11.8 Å². The van der Waals surface area contributed by atoms with Crippen LogP contribution in [0.15, 0.2) is 18.2 Å². The molecule has 1 saturated heterocycles. The summed E-state index contributed by atoms with van der Waals surface area (Å²) in [6, 6.07) is 5.77. The van der Waals surface area contributed by atoms with Crippen LogP contribution < -0.4 is 9.47 Å². The molecule has 2 amide bonds. The van der Waals surface area contributed by atoms with Gasteiger partial charge in [-0.3, -0.25) is 9.59 Å². The first-order valence-corrected chi connectivity index (χ1v) is 8.88. The highest BCUT2D eigenvalue weighted by molar-refractivity contribution is 5.80. The maximum atomic E-state index is 12.7. The van der Waals surface area contributed by atoms with Gasteiger partial charge in [0.15, 0.2) is 11.5 Å². The molecule has 0 radical (unpaired) electrons. The first-order valence-electron chi connectivity index (χ1n) is 8.88. The van der Waals surface area contributed by atoms with Crippen LogP contribution in [0.1, 0.15) is 32.3 Å². The van der Waals surface area contributed by atoms with Crippen LogP contribution in [0, 0.1) is 11.8 Å². The molecule has 2 aliphatic heterocycles. The van der Waals surface area contributed by atoms with E-state index in [9.17, 15) is 9.59 Å². The highest BCUT2D eigenvalue weighted by atomic mass is 16.7. The summed E-state index contributed by atoms with van der Waals surface area (Å²) >= 11 is 0. The summed E-state index contributed by atoms with van der Waals surface area (Å²) in [5.41, 5.74) is 1.02. The van der Waals surface area contributed by atoms with Gasteiger partial charge in [0, 0.05) is 38.5 Å². The molecule has 1 fully saturated rings. The number of ether oxygens (including phenoxy) is 2. The average Bonchev–Trinajstić information content (AvgIpc) is 3.08. The van der Waals surface area contributed by atoms with Gasteiger partial charge in [0.1, 0.15) is 0 Å². The predicted molar refractivity (Wildman–Crippen MR) is 93.2 cm³/mol. The molecule has 0 saturated carbocycles. The summed E-state index contributed by atoms with van der Waals surface area (Å²) in [5.74, 6) is 1.82. The minimum absolute atomic E-state index is 0.00442. The predicted octanol–water partition coefficient (Wildman–Crippen LogP) is 2.27. The normalized spacial score (nSPS) is 17.0. The zero-order chi connectivity index (χ0) is 18.0. The number of fused-ring (bicyclic) bond motifs is 1. The van der Waals surface area contributed by atoms with Gasteiger partial charge in [-0.05, 0) is 30.5 Å². The van der Waals surface area contributed by atoms with Crippen LogP contribution >= 0.6 is 0 Å². The fourth-order valence-corrected chi connectivity index (χ4v) is 3.41. The molecular formula is C19H26N2O4. The van der Waals surface area contributed by atoms with E-state index in [1.807, 2.05) is 44.0 Å². The molecule has 6 heteroatoms. The van der Waals surface area contributed by atoms with Crippen LogP contribution in [-0.4, -0.2) is 48.5 Å². The molecule has 25 heavy (non-hydrogen) atoms. The number of likely N-dealkylation sites (tertiary alicyclic amines) is 1. The molecule has 2 aliphatic rings. The number of amides is 2. The molecule has 0 spiro atoms. The molecular weight excluding hydrogens is 320 g/mol. The van der Waals surface area contributed by atoms with E-state index in [-0.39, 0.29) is 30.4 Å². The average molecular weight is 346 g/mol. The van der Waals surface area contributed by atoms with Crippen molar-refractivity contribution in [2.75, 3.05) is 26.9 Å². The monoisotopic (exact) mass is 346 g/mol. The van der Waals surface area contributed by atoms with Gasteiger partial charge in [-0.25, -0.2) is 0 Å². The van der Waals surface area contributed by atoms with E-state index in [1.165, 1.54) is 0 Å². The van der Waals surface area contributed by atoms with Crippen molar-refractivity contribution in [3.8, 4) is 11.5 Å². The lowest BCUT2D eigenvalue weighted by Crippen LogP contribution is -2.44. The Balaban J connectivity index is 1.54. The molecule has 1 aromatic carbocycles. The molecule has 0 N–H and O–H groups in total. The van der Waals surface area contributed by atoms with E-state index in [1.54, 1.807) is 4.90 Å². The molecule has 6 nitrogen and oxygen atoms in total. The van der Waals surface area contributed by atoms with Crippen molar-refractivity contribution in [1.29, 1.82) is 0 Å². The van der Waals surface area contributed by atoms with Gasteiger partial charge in [0.05, 0.1) is 0 Å². The Morgan fingerprint density at radius 1 is 1.20 bits per heavy atom. The van der Waals surface area contributed by atoms with Crippen molar-refractivity contribution in [1.82, 2.24) is 9.80 Å². The molecule has 0 unspecified atom stereocenters. The summed E-state index contributed by atoms with van der Waals surface area (Å²) in [6.07, 6.45) is 1.48. The molecule has 0 atom stereocenters. The lowest BCUT2D eigenvalue weighted by Gasteiger charge is -2.34. The van der Waals surface area contributed by atoms with E-state index >= 15 is 0 Å². The van der Waals surface area contributed by atoms with Crippen LogP contribution in [0.2, 0.25) is 0 Å². The number of benzene rings is 1. The van der Waals surface area contributed by atoms with Gasteiger partial charge in [0.2, 0.25) is 18.6 Å². The Kier molecular flexibility index (Phi) is 5.16. The van der Waals surface area contributed by atoms with E-state index in [0.717, 1.165) is 29.9 Å². The molecule has 1 aromatic rings. The molecule has 2 heterocycles. The third-order valence-corrected chi connectivity index (χ3v) is 4.88. The summed E-state index contributed by atoms with van der Waals surface area (Å²) in [6.45, 7) is 5.97. The Morgan fingerprint density at radius 2 is 1.88 bits per heavy atom. The Hall–Kier alpha value is -2.24. The van der Waals surface area contributed by atoms with Crippen LogP contribution in [0.5, 0.6) is 11.5 Å². The lowest BCUT2D eigenvalue weighted by atomic mass is 9.94. The van der Waals surface area contributed by atoms with E-state index in [2.05, 4.69) is 0 Å². The van der Waals surface area contributed by atoms with Crippen LogP contribution in [0.3, 0.4) is 0 Å². The second-order valence-corrected chi connectivity index (χ2v) is 7.14. The van der Waals surface area contributed by atoms with Gasteiger partial charge in [-0.2, -0.15) is 0 Å². The molecule has 0 aliphatic carbocycles. The van der Waals surface area contributed by atoms with Gasteiger partial charge in [0.25, 0.3) is 0 Å². The summed E-state index contributed by atoms with van der Waals surface area (Å²) in [5, 5.41) is 0. The Bertz CT molecular complexity index is 651. The second-order valence-electron chi connectivity index (χ2n) is 7.14. The fourth-order valence-electron chi connectivity index (χ4n) is 3.41. The minimum Gasteiger partial charge on any atom is -0.454 e. The number of nitrogens with zero attached hydrogens (tertiary/aromatic N) is 2. The second kappa shape index (κ2) is 7.33. The SMILES string of the molecule is CC(C)C(=O)N1CCC(C(=O)N(C)Cc2ccc3c(c2)OCO3)CC1. The Morgan fingerprint density at radius 3 is 2.56 bits per heavy atom. The largest absolute Gasteiger partial charge is 0.454 e. The molecule has 136 valence electrons.